The lowest BCUT2D eigenvalue weighted by Gasteiger charge is -2.31. The van der Waals surface area contributed by atoms with Gasteiger partial charge in [-0.1, -0.05) is 42.5 Å². The normalized spacial score (nSPS) is 12.2. The summed E-state index contributed by atoms with van der Waals surface area (Å²) >= 11 is 3.60. The van der Waals surface area contributed by atoms with Crippen LogP contribution >= 0.6 is 15.9 Å². The van der Waals surface area contributed by atoms with E-state index < -0.39 is 11.6 Å². The summed E-state index contributed by atoms with van der Waals surface area (Å²) in [6.07, 6.45) is 0. The van der Waals surface area contributed by atoms with E-state index in [0.29, 0.717) is 5.75 Å². The highest BCUT2D eigenvalue weighted by molar-refractivity contribution is 9.10. The molecule has 0 aliphatic carbocycles. The van der Waals surface area contributed by atoms with Gasteiger partial charge in [-0.15, -0.1) is 0 Å². The van der Waals surface area contributed by atoms with Crippen molar-refractivity contribution in [3.63, 3.8) is 0 Å². The number of methoxy groups -OCH3 is 1. The molecule has 3 aromatic carbocycles. The molecule has 0 bridgehead atoms. The fourth-order valence-corrected chi connectivity index (χ4v) is 4.14. The molecule has 7 heteroatoms. The molecule has 2 amide bonds. The van der Waals surface area contributed by atoms with Crippen molar-refractivity contribution in [2.75, 3.05) is 13.7 Å². The first kappa shape index (κ1) is 25.6. The van der Waals surface area contributed by atoms with Gasteiger partial charge in [0.05, 0.1) is 11.6 Å². The largest absolute Gasteiger partial charge is 0.497 e. The van der Waals surface area contributed by atoms with Gasteiger partial charge < -0.3 is 19.7 Å². The fourth-order valence-electron chi connectivity index (χ4n) is 3.53. The maximum atomic E-state index is 13.3. The maximum absolute atomic E-state index is 13.3. The number of carbonyl (C=O) groups excluding carboxylic acids is 2. The van der Waals surface area contributed by atoms with E-state index in [1.165, 1.54) is 4.90 Å². The SMILES string of the molecule is COc1ccc(CN(C(=O)COc2ccc3ccccc3c2Br)C(C)C(=O)NC(C)(C)C)cc1. The third-order valence-electron chi connectivity index (χ3n) is 5.36. The lowest BCUT2D eigenvalue weighted by Crippen LogP contribution is -2.53. The minimum Gasteiger partial charge on any atom is -0.497 e. The Hall–Kier alpha value is -3.06. The molecule has 0 aliphatic rings. The molecule has 3 aromatic rings. The summed E-state index contributed by atoms with van der Waals surface area (Å²) in [5, 5.41) is 5.03. The molecular weight excluding hydrogens is 496 g/mol. The molecule has 0 fully saturated rings. The molecule has 0 aliphatic heterocycles. The zero-order valence-corrected chi connectivity index (χ0v) is 21.8. The zero-order chi connectivity index (χ0) is 24.9. The van der Waals surface area contributed by atoms with Gasteiger partial charge in [0, 0.05) is 12.1 Å². The number of nitrogens with zero attached hydrogens (tertiary/aromatic N) is 1. The first-order valence-electron chi connectivity index (χ1n) is 11.1. The van der Waals surface area contributed by atoms with Gasteiger partial charge in [0.2, 0.25) is 5.91 Å². The van der Waals surface area contributed by atoms with Crippen LogP contribution in [0, 0.1) is 0 Å². The van der Waals surface area contributed by atoms with E-state index in [9.17, 15) is 9.59 Å². The van der Waals surface area contributed by atoms with Crippen LogP contribution in [0.15, 0.2) is 65.1 Å². The summed E-state index contributed by atoms with van der Waals surface area (Å²) in [6, 6.07) is 18.5. The first-order chi connectivity index (χ1) is 16.1. The van der Waals surface area contributed by atoms with Gasteiger partial charge in [-0.25, -0.2) is 0 Å². The Morgan fingerprint density at radius 3 is 2.35 bits per heavy atom. The van der Waals surface area contributed by atoms with Crippen LogP contribution in [-0.4, -0.2) is 42.0 Å². The molecule has 0 aromatic heterocycles. The fraction of sp³-hybridized carbons (Fsp3) is 0.333. The molecule has 180 valence electrons. The van der Waals surface area contributed by atoms with Gasteiger partial charge in [-0.2, -0.15) is 0 Å². The second-order valence-corrected chi connectivity index (χ2v) is 9.97. The second-order valence-electron chi connectivity index (χ2n) is 9.17. The monoisotopic (exact) mass is 526 g/mol. The number of rotatable bonds is 8. The standard InChI is InChI=1S/C27H31BrN2O4/c1-18(26(32)29-27(2,3)4)30(16-19-10-13-21(33-5)14-11-19)24(31)17-34-23-15-12-20-8-6-7-9-22(20)25(23)28/h6-15,18H,16-17H2,1-5H3,(H,29,32). The van der Waals surface area contributed by atoms with Gasteiger partial charge in [-0.3, -0.25) is 9.59 Å². The summed E-state index contributed by atoms with van der Waals surface area (Å²) in [5.41, 5.74) is 0.476. The van der Waals surface area contributed by atoms with Crippen LogP contribution in [0.1, 0.15) is 33.3 Å². The van der Waals surface area contributed by atoms with Gasteiger partial charge in [0.15, 0.2) is 6.61 Å². The van der Waals surface area contributed by atoms with Crippen LogP contribution in [-0.2, 0) is 16.1 Å². The number of amides is 2. The van der Waals surface area contributed by atoms with Gasteiger partial charge >= 0.3 is 0 Å². The van der Waals surface area contributed by atoms with Crippen LogP contribution < -0.4 is 14.8 Å². The number of benzene rings is 3. The number of hydrogen-bond acceptors (Lipinski definition) is 4. The van der Waals surface area contributed by atoms with Crippen molar-refractivity contribution < 1.29 is 19.1 Å². The predicted octanol–water partition coefficient (Wildman–Crippen LogP) is 5.32. The van der Waals surface area contributed by atoms with Crippen molar-refractivity contribution >= 4 is 38.5 Å². The summed E-state index contributed by atoms with van der Waals surface area (Å²) in [5.74, 6) is 0.793. The van der Waals surface area contributed by atoms with E-state index in [1.54, 1.807) is 14.0 Å². The van der Waals surface area contributed by atoms with Gasteiger partial charge in [0.1, 0.15) is 17.5 Å². The van der Waals surface area contributed by atoms with Crippen LogP contribution in [0.5, 0.6) is 11.5 Å². The smallest absolute Gasteiger partial charge is 0.261 e. The molecule has 0 spiro atoms. The second kappa shape index (κ2) is 10.9. The predicted molar refractivity (Wildman–Crippen MR) is 138 cm³/mol. The summed E-state index contributed by atoms with van der Waals surface area (Å²) in [7, 11) is 1.60. The summed E-state index contributed by atoms with van der Waals surface area (Å²) in [6.45, 7) is 7.54. The van der Waals surface area contributed by atoms with E-state index in [2.05, 4.69) is 21.2 Å². The molecule has 1 unspecified atom stereocenters. The van der Waals surface area contributed by atoms with E-state index in [1.807, 2.05) is 81.4 Å². The lowest BCUT2D eigenvalue weighted by molar-refractivity contribution is -0.142. The molecule has 34 heavy (non-hydrogen) atoms. The molecule has 0 saturated carbocycles. The Kier molecular flexibility index (Phi) is 8.20. The van der Waals surface area contributed by atoms with Crippen LogP contribution in [0.25, 0.3) is 10.8 Å². The van der Waals surface area contributed by atoms with Crippen molar-refractivity contribution in [2.45, 2.75) is 45.8 Å². The van der Waals surface area contributed by atoms with Crippen LogP contribution in [0.3, 0.4) is 0 Å². The van der Waals surface area contributed by atoms with E-state index in [0.717, 1.165) is 26.6 Å². The molecule has 0 radical (unpaired) electrons. The third kappa shape index (κ3) is 6.50. The van der Waals surface area contributed by atoms with E-state index >= 15 is 0 Å². The van der Waals surface area contributed by atoms with Gasteiger partial charge in [-0.05, 0) is 78.2 Å². The molecule has 1 N–H and O–H groups in total. The Morgan fingerprint density at radius 2 is 1.71 bits per heavy atom. The van der Waals surface area contributed by atoms with Crippen molar-refractivity contribution in [3.8, 4) is 11.5 Å². The number of carbonyl (C=O) groups is 2. The Bertz CT molecular complexity index is 1160. The number of nitrogens with one attached hydrogen (secondary N) is 1. The van der Waals surface area contributed by atoms with Crippen LogP contribution in [0.4, 0.5) is 0 Å². The summed E-state index contributed by atoms with van der Waals surface area (Å²) in [4.78, 5) is 27.7. The Labute approximate surface area is 209 Å². The highest BCUT2D eigenvalue weighted by Crippen LogP contribution is 2.33. The number of halogens is 1. The third-order valence-corrected chi connectivity index (χ3v) is 6.17. The Balaban J connectivity index is 1.80. The maximum Gasteiger partial charge on any atom is 0.261 e. The highest BCUT2D eigenvalue weighted by Gasteiger charge is 2.29. The number of ether oxygens (including phenoxy) is 2. The Morgan fingerprint density at radius 1 is 1.03 bits per heavy atom. The minimum atomic E-state index is -0.683. The number of fused-ring (bicyclic) bond motifs is 1. The first-order valence-corrected chi connectivity index (χ1v) is 11.9. The molecule has 3 rings (SSSR count). The van der Waals surface area contributed by atoms with Gasteiger partial charge in [0.25, 0.3) is 5.91 Å². The van der Waals surface area contributed by atoms with Crippen molar-refractivity contribution in [3.05, 3.63) is 70.7 Å². The van der Waals surface area contributed by atoms with Crippen LogP contribution in [0.2, 0.25) is 0 Å². The molecular formula is C27H31BrN2O4. The van der Waals surface area contributed by atoms with Crippen molar-refractivity contribution in [1.29, 1.82) is 0 Å². The topological polar surface area (TPSA) is 67.9 Å². The van der Waals surface area contributed by atoms with E-state index in [4.69, 9.17) is 9.47 Å². The minimum absolute atomic E-state index is 0.194. The quantitative estimate of drug-likeness (QED) is 0.431. The average Bonchev–Trinajstić information content (AvgIpc) is 2.81. The zero-order valence-electron chi connectivity index (χ0n) is 20.2. The van der Waals surface area contributed by atoms with Crippen molar-refractivity contribution in [1.82, 2.24) is 10.2 Å². The lowest BCUT2D eigenvalue weighted by atomic mass is 10.1. The van der Waals surface area contributed by atoms with Crippen molar-refractivity contribution in [2.24, 2.45) is 0 Å². The molecule has 0 heterocycles. The van der Waals surface area contributed by atoms with E-state index in [-0.39, 0.29) is 25.0 Å². The molecule has 6 nitrogen and oxygen atoms in total. The average molecular weight is 527 g/mol. The number of hydrogen-bond donors (Lipinski definition) is 1. The molecule has 1 atom stereocenters. The highest BCUT2D eigenvalue weighted by atomic mass is 79.9. The summed E-state index contributed by atoms with van der Waals surface area (Å²) < 4.78 is 11.9. The molecule has 0 saturated heterocycles.